The van der Waals surface area contributed by atoms with E-state index >= 15 is 0 Å². The van der Waals surface area contributed by atoms with Gasteiger partial charge in [0.15, 0.2) is 5.78 Å². The van der Waals surface area contributed by atoms with E-state index in [4.69, 9.17) is 0 Å². The maximum Gasteiger partial charge on any atom is 0.181 e. The van der Waals surface area contributed by atoms with Gasteiger partial charge >= 0.3 is 0 Å². The quantitative estimate of drug-likeness (QED) is 0.533. The number of nitrogens with zero attached hydrogens (tertiary/aromatic N) is 2. The molecule has 1 heterocycles. The zero-order valence-corrected chi connectivity index (χ0v) is 6.16. The number of rotatable bonds is 1. The van der Waals surface area contributed by atoms with Crippen LogP contribution in [0.1, 0.15) is 20.3 Å². The molecule has 0 saturated heterocycles. The molecular weight excluding hydrogens is 128 g/mol. The second-order valence-electron chi connectivity index (χ2n) is 2.63. The van der Waals surface area contributed by atoms with Crippen molar-refractivity contribution in [2.45, 2.75) is 20.3 Å². The molecular formula is C7H10N2O. The lowest BCUT2D eigenvalue weighted by atomic mass is 10.0. The highest BCUT2D eigenvalue weighted by atomic mass is 16.1. The van der Waals surface area contributed by atoms with Crippen molar-refractivity contribution >= 4 is 17.7 Å². The maximum absolute atomic E-state index is 10.7. The summed E-state index contributed by atoms with van der Waals surface area (Å²) >= 11 is 0. The fraction of sp³-hybridized carbons (Fsp3) is 0.571. The topological polar surface area (TPSA) is 41.8 Å². The average Bonchev–Trinajstić information content (AvgIpc) is 1.88. The third-order valence-electron chi connectivity index (χ3n) is 1.41. The van der Waals surface area contributed by atoms with Crippen molar-refractivity contribution in [2.24, 2.45) is 16.1 Å². The smallest absolute Gasteiger partial charge is 0.181 e. The molecule has 3 heteroatoms. The van der Waals surface area contributed by atoms with Gasteiger partial charge in [-0.25, -0.2) is 0 Å². The lowest BCUT2D eigenvalue weighted by Crippen LogP contribution is -2.17. The van der Waals surface area contributed by atoms with E-state index in [-0.39, 0.29) is 5.78 Å². The summed E-state index contributed by atoms with van der Waals surface area (Å²) in [6, 6.07) is 0. The van der Waals surface area contributed by atoms with Gasteiger partial charge in [0.1, 0.15) is 0 Å². The van der Waals surface area contributed by atoms with Crippen molar-refractivity contribution in [3.63, 3.8) is 0 Å². The zero-order chi connectivity index (χ0) is 7.56. The number of carbonyl (C=O) groups is 1. The number of hydrogen-bond donors (Lipinski definition) is 0. The third-order valence-corrected chi connectivity index (χ3v) is 1.41. The molecule has 0 aliphatic carbocycles. The van der Waals surface area contributed by atoms with Gasteiger partial charge in [-0.15, -0.1) is 0 Å². The van der Waals surface area contributed by atoms with E-state index in [1.165, 1.54) is 6.21 Å². The molecule has 0 amide bonds. The van der Waals surface area contributed by atoms with Gasteiger partial charge in [-0.1, -0.05) is 13.8 Å². The van der Waals surface area contributed by atoms with Crippen LogP contribution in [0.2, 0.25) is 0 Å². The van der Waals surface area contributed by atoms with Crippen molar-refractivity contribution in [1.82, 2.24) is 0 Å². The summed E-state index contributed by atoms with van der Waals surface area (Å²) in [5.41, 5.74) is 0.882. The summed E-state index contributed by atoms with van der Waals surface area (Å²) in [6.45, 7) is 4.01. The van der Waals surface area contributed by atoms with Crippen LogP contribution in [0.5, 0.6) is 0 Å². The normalized spacial score (nSPS) is 17.9. The van der Waals surface area contributed by atoms with Crippen LogP contribution in [0.3, 0.4) is 0 Å². The number of Topliss-reactive ketones (excluding diaryl/α,β-unsaturated/α-hetero) is 1. The van der Waals surface area contributed by atoms with E-state index in [9.17, 15) is 4.79 Å². The molecule has 1 aliphatic heterocycles. The van der Waals surface area contributed by atoms with Crippen molar-refractivity contribution < 1.29 is 4.79 Å². The van der Waals surface area contributed by atoms with E-state index in [2.05, 4.69) is 10.2 Å². The van der Waals surface area contributed by atoms with Crippen molar-refractivity contribution in [2.75, 3.05) is 0 Å². The van der Waals surface area contributed by atoms with Gasteiger partial charge in [0, 0.05) is 0 Å². The maximum atomic E-state index is 10.7. The first-order chi connectivity index (χ1) is 4.70. The molecule has 10 heavy (non-hydrogen) atoms. The van der Waals surface area contributed by atoms with Crippen molar-refractivity contribution in [3.8, 4) is 0 Å². The molecule has 0 atom stereocenters. The predicted molar refractivity (Wildman–Crippen MR) is 40.4 cm³/mol. The van der Waals surface area contributed by atoms with Crippen LogP contribution < -0.4 is 0 Å². The first kappa shape index (κ1) is 7.12. The monoisotopic (exact) mass is 138 g/mol. The molecule has 0 spiro atoms. The molecule has 3 nitrogen and oxygen atoms in total. The Bertz CT molecular complexity index is 204. The lowest BCUT2D eigenvalue weighted by Gasteiger charge is -2.07. The molecule has 54 valence electrons. The Morgan fingerprint density at radius 1 is 1.60 bits per heavy atom. The molecule has 0 aromatic heterocycles. The molecule has 0 aromatic carbocycles. The van der Waals surface area contributed by atoms with E-state index in [0.29, 0.717) is 12.3 Å². The van der Waals surface area contributed by atoms with E-state index in [1.54, 1.807) is 0 Å². The molecule has 0 N–H and O–H groups in total. The summed E-state index contributed by atoms with van der Waals surface area (Å²) < 4.78 is 0. The van der Waals surface area contributed by atoms with Gasteiger partial charge in [0.2, 0.25) is 0 Å². The van der Waals surface area contributed by atoms with Gasteiger partial charge in [-0.2, -0.15) is 10.2 Å². The Labute approximate surface area is 59.8 Å². The molecule has 0 unspecified atom stereocenters. The fourth-order valence-electron chi connectivity index (χ4n) is 0.747. The minimum atomic E-state index is 0.0544. The Balaban J connectivity index is 2.70. The highest BCUT2D eigenvalue weighted by molar-refractivity contribution is 6.33. The van der Waals surface area contributed by atoms with Gasteiger partial charge in [-0.05, 0) is 5.92 Å². The molecule has 1 rings (SSSR count). The predicted octanol–water partition coefficient (Wildman–Crippen LogP) is 1.04. The number of ketones is 1. The highest BCUT2D eigenvalue weighted by Gasteiger charge is 2.12. The molecule has 1 aliphatic rings. The Morgan fingerprint density at radius 3 is 2.70 bits per heavy atom. The standard InChI is InChI=1S/C7H10N2O/c1-5(2)7-3-6(10)4-8-9-7/h4-5H,3H2,1-2H3. The second-order valence-corrected chi connectivity index (χ2v) is 2.63. The first-order valence-corrected chi connectivity index (χ1v) is 3.33. The third kappa shape index (κ3) is 1.50. The Morgan fingerprint density at radius 2 is 2.30 bits per heavy atom. The van der Waals surface area contributed by atoms with Crippen molar-refractivity contribution in [3.05, 3.63) is 0 Å². The number of hydrogen-bond acceptors (Lipinski definition) is 3. The zero-order valence-electron chi connectivity index (χ0n) is 6.16. The van der Waals surface area contributed by atoms with Crippen LogP contribution in [0.25, 0.3) is 0 Å². The van der Waals surface area contributed by atoms with Crippen LogP contribution in [-0.2, 0) is 4.79 Å². The summed E-state index contributed by atoms with van der Waals surface area (Å²) in [5, 5.41) is 7.42. The molecule has 0 radical (unpaired) electrons. The lowest BCUT2D eigenvalue weighted by molar-refractivity contribution is -0.111. The summed E-state index contributed by atoms with van der Waals surface area (Å²) in [6.07, 6.45) is 1.72. The summed E-state index contributed by atoms with van der Waals surface area (Å²) in [4.78, 5) is 10.7. The molecule has 0 bridgehead atoms. The van der Waals surface area contributed by atoms with Crippen LogP contribution in [0, 0.1) is 5.92 Å². The van der Waals surface area contributed by atoms with Gasteiger partial charge in [0.25, 0.3) is 0 Å². The van der Waals surface area contributed by atoms with E-state index < -0.39 is 0 Å². The summed E-state index contributed by atoms with van der Waals surface area (Å²) in [5.74, 6) is 0.389. The SMILES string of the molecule is CC(C)C1=NN=CC(=O)C1. The van der Waals surface area contributed by atoms with Crippen LogP contribution >= 0.6 is 0 Å². The van der Waals surface area contributed by atoms with Crippen LogP contribution in [0.15, 0.2) is 10.2 Å². The van der Waals surface area contributed by atoms with E-state index in [0.717, 1.165) is 5.71 Å². The number of carbonyl (C=O) groups excluding carboxylic acids is 1. The van der Waals surface area contributed by atoms with Gasteiger partial charge in [-0.3, -0.25) is 4.79 Å². The van der Waals surface area contributed by atoms with Gasteiger partial charge in [0.05, 0.1) is 18.3 Å². The van der Waals surface area contributed by atoms with Gasteiger partial charge < -0.3 is 0 Å². The summed E-state index contributed by atoms with van der Waals surface area (Å²) in [7, 11) is 0. The van der Waals surface area contributed by atoms with Crippen LogP contribution in [0.4, 0.5) is 0 Å². The molecule has 0 fully saturated rings. The molecule has 0 aromatic rings. The Kier molecular flexibility index (Phi) is 1.94. The minimum Gasteiger partial charge on any atom is -0.293 e. The van der Waals surface area contributed by atoms with Crippen molar-refractivity contribution in [1.29, 1.82) is 0 Å². The second kappa shape index (κ2) is 2.73. The highest BCUT2D eigenvalue weighted by Crippen LogP contribution is 2.05. The average molecular weight is 138 g/mol. The van der Waals surface area contributed by atoms with E-state index in [1.807, 2.05) is 13.8 Å². The fourth-order valence-corrected chi connectivity index (χ4v) is 0.747. The Hall–Kier alpha value is -0.990. The molecule has 0 saturated carbocycles. The first-order valence-electron chi connectivity index (χ1n) is 3.33. The van der Waals surface area contributed by atoms with Crippen LogP contribution in [-0.4, -0.2) is 17.7 Å². The largest absolute Gasteiger partial charge is 0.293 e. The minimum absolute atomic E-state index is 0.0544.